The largest absolute Gasteiger partial charge is 0.485 e. The lowest BCUT2D eigenvalue weighted by molar-refractivity contribution is 0.226. The van der Waals surface area contributed by atoms with Gasteiger partial charge in [-0.05, 0) is 19.1 Å². The number of hydrogen-bond acceptors (Lipinski definition) is 2. The second kappa shape index (κ2) is 6.49. The van der Waals surface area contributed by atoms with Gasteiger partial charge in [0.15, 0.2) is 0 Å². The van der Waals surface area contributed by atoms with E-state index < -0.39 is 0 Å². The third-order valence-electron chi connectivity index (χ3n) is 2.79. The lowest BCUT2D eigenvalue weighted by Gasteiger charge is -2.18. The van der Waals surface area contributed by atoms with Crippen LogP contribution in [0, 0.1) is 0 Å². The standard InChI is InChI=1S/C15H12Cl3NO/c1-3-10-8-19-15(18)7-14(10)20-9(2)12-5-4-11(16)6-13(12)17/h3-9H,1H2,2H3/t9-/m1/s1. The molecule has 0 fully saturated rings. The normalized spacial score (nSPS) is 12.0. The Morgan fingerprint density at radius 3 is 2.65 bits per heavy atom. The van der Waals surface area contributed by atoms with Crippen molar-refractivity contribution in [1.29, 1.82) is 0 Å². The third kappa shape index (κ3) is 3.45. The maximum atomic E-state index is 6.17. The summed E-state index contributed by atoms with van der Waals surface area (Å²) in [6.07, 6.45) is 3.02. The maximum absolute atomic E-state index is 6.17. The third-order valence-corrected chi connectivity index (χ3v) is 3.55. The van der Waals surface area contributed by atoms with Crippen molar-refractivity contribution in [2.45, 2.75) is 13.0 Å². The van der Waals surface area contributed by atoms with Crippen LogP contribution in [0.5, 0.6) is 5.75 Å². The zero-order chi connectivity index (χ0) is 14.7. The maximum Gasteiger partial charge on any atom is 0.132 e. The van der Waals surface area contributed by atoms with Gasteiger partial charge in [-0.15, -0.1) is 0 Å². The minimum absolute atomic E-state index is 0.253. The van der Waals surface area contributed by atoms with E-state index in [-0.39, 0.29) is 6.10 Å². The Morgan fingerprint density at radius 2 is 2.00 bits per heavy atom. The fourth-order valence-corrected chi connectivity index (χ4v) is 2.47. The average Bonchev–Trinajstić information content (AvgIpc) is 2.38. The highest BCUT2D eigenvalue weighted by Crippen LogP contribution is 2.31. The molecule has 1 atom stereocenters. The topological polar surface area (TPSA) is 22.1 Å². The molecule has 1 aromatic carbocycles. The van der Waals surface area contributed by atoms with E-state index in [1.54, 1.807) is 30.5 Å². The summed E-state index contributed by atoms with van der Waals surface area (Å²) < 4.78 is 5.90. The molecular formula is C15H12Cl3NO. The van der Waals surface area contributed by atoms with Crippen molar-refractivity contribution in [3.8, 4) is 5.75 Å². The van der Waals surface area contributed by atoms with Crippen LogP contribution in [0.4, 0.5) is 0 Å². The molecule has 0 aliphatic heterocycles. The number of hydrogen-bond donors (Lipinski definition) is 0. The van der Waals surface area contributed by atoms with Crippen molar-refractivity contribution in [1.82, 2.24) is 4.98 Å². The SMILES string of the molecule is C=Cc1cnc(Cl)cc1O[C@H](C)c1ccc(Cl)cc1Cl. The molecule has 0 bridgehead atoms. The summed E-state index contributed by atoms with van der Waals surface area (Å²) in [7, 11) is 0. The van der Waals surface area contributed by atoms with E-state index in [1.807, 2.05) is 13.0 Å². The molecule has 0 amide bonds. The van der Waals surface area contributed by atoms with E-state index in [0.717, 1.165) is 11.1 Å². The average molecular weight is 329 g/mol. The first kappa shape index (κ1) is 15.2. The smallest absolute Gasteiger partial charge is 0.132 e. The van der Waals surface area contributed by atoms with E-state index in [4.69, 9.17) is 39.5 Å². The van der Waals surface area contributed by atoms with Gasteiger partial charge in [-0.1, -0.05) is 53.5 Å². The fourth-order valence-electron chi connectivity index (χ4n) is 1.76. The highest BCUT2D eigenvalue weighted by atomic mass is 35.5. The molecule has 0 aliphatic rings. The minimum Gasteiger partial charge on any atom is -0.485 e. The number of ether oxygens (including phenoxy) is 1. The number of benzene rings is 1. The number of pyridine rings is 1. The Hall–Kier alpha value is -1.22. The number of aromatic nitrogens is 1. The van der Waals surface area contributed by atoms with Crippen LogP contribution >= 0.6 is 34.8 Å². The van der Waals surface area contributed by atoms with Gasteiger partial charge in [0.2, 0.25) is 0 Å². The van der Waals surface area contributed by atoms with Crippen LogP contribution in [-0.4, -0.2) is 4.98 Å². The Kier molecular flexibility index (Phi) is 4.92. The first-order valence-corrected chi connectivity index (χ1v) is 7.04. The van der Waals surface area contributed by atoms with Gasteiger partial charge in [0.05, 0.1) is 0 Å². The van der Waals surface area contributed by atoms with Crippen LogP contribution in [0.15, 0.2) is 37.0 Å². The Bertz CT molecular complexity index is 643. The van der Waals surface area contributed by atoms with Crippen molar-refractivity contribution in [3.63, 3.8) is 0 Å². The quantitative estimate of drug-likeness (QED) is 0.659. The van der Waals surface area contributed by atoms with Crippen LogP contribution in [0.1, 0.15) is 24.2 Å². The predicted molar refractivity (Wildman–Crippen MR) is 84.8 cm³/mol. The van der Waals surface area contributed by atoms with Crippen molar-refractivity contribution < 1.29 is 4.74 Å². The van der Waals surface area contributed by atoms with Crippen LogP contribution in [-0.2, 0) is 0 Å². The van der Waals surface area contributed by atoms with Crippen LogP contribution in [0.25, 0.3) is 6.08 Å². The predicted octanol–water partition coefficient (Wildman–Crippen LogP) is 5.82. The molecule has 0 aliphatic carbocycles. The molecule has 0 saturated carbocycles. The van der Waals surface area contributed by atoms with Gasteiger partial charge >= 0.3 is 0 Å². The van der Waals surface area contributed by atoms with Gasteiger partial charge in [0, 0.05) is 33.4 Å². The molecule has 0 saturated heterocycles. The monoisotopic (exact) mass is 327 g/mol. The molecule has 104 valence electrons. The summed E-state index contributed by atoms with van der Waals surface area (Å²) in [5.41, 5.74) is 1.62. The highest BCUT2D eigenvalue weighted by Gasteiger charge is 2.14. The van der Waals surface area contributed by atoms with Crippen molar-refractivity contribution in [2.24, 2.45) is 0 Å². The van der Waals surface area contributed by atoms with Crippen LogP contribution < -0.4 is 4.74 Å². The fraction of sp³-hybridized carbons (Fsp3) is 0.133. The first-order chi connectivity index (χ1) is 9.51. The van der Waals surface area contributed by atoms with Crippen molar-refractivity contribution in [2.75, 3.05) is 0 Å². The summed E-state index contributed by atoms with van der Waals surface area (Å²) in [5.74, 6) is 0.610. The molecular weight excluding hydrogens is 317 g/mol. The highest BCUT2D eigenvalue weighted by molar-refractivity contribution is 6.35. The molecule has 0 unspecified atom stereocenters. The number of halogens is 3. The van der Waals surface area contributed by atoms with Crippen molar-refractivity contribution in [3.05, 3.63) is 63.4 Å². The Balaban J connectivity index is 2.29. The van der Waals surface area contributed by atoms with Crippen LogP contribution in [0.2, 0.25) is 15.2 Å². The molecule has 0 radical (unpaired) electrons. The summed E-state index contributed by atoms with van der Waals surface area (Å²) in [5, 5.41) is 1.51. The van der Waals surface area contributed by atoms with Gasteiger partial charge < -0.3 is 4.74 Å². The molecule has 20 heavy (non-hydrogen) atoms. The molecule has 0 spiro atoms. The van der Waals surface area contributed by atoms with Gasteiger partial charge in [0.25, 0.3) is 0 Å². The Morgan fingerprint density at radius 1 is 1.25 bits per heavy atom. The van der Waals surface area contributed by atoms with E-state index in [0.29, 0.717) is 20.9 Å². The summed E-state index contributed by atoms with van der Waals surface area (Å²) in [6.45, 7) is 5.62. The molecule has 1 heterocycles. The van der Waals surface area contributed by atoms with E-state index in [1.165, 1.54) is 0 Å². The van der Waals surface area contributed by atoms with Gasteiger partial charge in [-0.25, -0.2) is 4.98 Å². The number of nitrogens with zero attached hydrogens (tertiary/aromatic N) is 1. The zero-order valence-corrected chi connectivity index (χ0v) is 13.0. The Labute approximate surface area is 133 Å². The van der Waals surface area contributed by atoms with Crippen LogP contribution in [0.3, 0.4) is 0 Å². The molecule has 2 nitrogen and oxygen atoms in total. The van der Waals surface area contributed by atoms with Crippen molar-refractivity contribution >= 4 is 40.9 Å². The second-order valence-corrected chi connectivity index (χ2v) is 5.41. The minimum atomic E-state index is -0.253. The molecule has 5 heteroatoms. The van der Waals surface area contributed by atoms with E-state index >= 15 is 0 Å². The second-order valence-electron chi connectivity index (χ2n) is 4.17. The number of rotatable bonds is 4. The lowest BCUT2D eigenvalue weighted by Crippen LogP contribution is -2.05. The molecule has 0 N–H and O–H groups in total. The summed E-state index contributed by atoms with van der Waals surface area (Å²) >= 11 is 17.9. The van der Waals surface area contributed by atoms with E-state index in [9.17, 15) is 0 Å². The van der Waals surface area contributed by atoms with Gasteiger partial charge in [0.1, 0.15) is 17.0 Å². The lowest BCUT2D eigenvalue weighted by atomic mass is 10.1. The van der Waals surface area contributed by atoms with Gasteiger partial charge in [-0.2, -0.15) is 0 Å². The van der Waals surface area contributed by atoms with E-state index in [2.05, 4.69) is 11.6 Å². The molecule has 1 aromatic heterocycles. The molecule has 2 aromatic rings. The zero-order valence-electron chi connectivity index (χ0n) is 10.7. The summed E-state index contributed by atoms with van der Waals surface area (Å²) in [4.78, 5) is 3.99. The molecule has 2 rings (SSSR count). The van der Waals surface area contributed by atoms with Gasteiger partial charge in [-0.3, -0.25) is 0 Å². The first-order valence-electron chi connectivity index (χ1n) is 5.91. The summed E-state index contributed by atoms with van der Waals surface area (Å²) in [6, 6.07) is 6.95.